The molecular formula is C22H29FN6O2. The van der Waals surface area contributed by atoms with Gasteiger partial charge in [0.15, 0.2) is 11.6 Å². The molecule has 1 unspecified atom stereocenters. The van der Waals surface area contributed by atoms with Gasteiger partial charge in [0, 0.05) is 57.3 Å². The largest absolute Gasteiger partial charge is 0.481 e. The van der Waals surface area contributed by atoms with Crippen LogP contribution in [0.15, 0.2) is 24.5 Å². The third kappa shape index (κ3) is 5.03. The van der Waals surface area contributed by atoms with Gasteiger partial charge in [-0.15, -0.1) is 0 Å². The zero-order valence-corrected chi connectivity index (χ0v) is 18.1. The molecule has 2 aliphatic heterocycles. The Bertz CT molecular complexity index is 919. The summed E-state index contributed by atoms with van der Waals surface area (Å²) in [5, 5.41) is 3.33. The quantitative estimate of drug-likeness (QED) is 0.784. The first kappa shape index (κ1) is 21.3. The lowest BCUT2D eigenvalue weighted by Crippen LogP contribution is -2.41. The Hall–Kier alpha value is -2.97. The van der Waals surface area contributed by atoms with E-state index < -0.39 is 5.82 Å². The van der Waals surface area contributed by atoms with Gasteiger partial charge in [-0.1, -0.05) is 0 Å². The molecule has 1 atom stereocenters. The van der Waals surface area contributed by atoms with Crippen molar-refractivity contribution in [3.63, 3.8) is 0 Å². The van der Waals surface area contributed by atoms with Gasteiger partial charge in [-0.25, -0.2) is 14.4 Å². The number of carbonyl (C=O) groups excluding carboxylic acids is 1. The summed E-state index contributed by atoms with van der Waals surface area (Å²) in [6.07, 6.45) is 6.62. The number of likely N-dealkylation sites (tertiary alicyclic amines) is 1. The Kier molecular flexibility index (Phi) is 6.48. The van der Waals surface area contributed by atoms with Gasteiger partial charge < -0.3 is 19.9 Å². The smallest absolute Gasteiger partial charge is 0.225 e. The molecule has 0 radical (unpaired) electrons. The van der Waals surface area contributed by atoms with Crippen molar-refractivity contribution in [3.8, 4) is 5.88 Å². The molecule has 0 bridgehead atoms. The minimum Gasteiger partial charge on any atom is -0.481 e. The molecule has 2 aromatic rings. The second kappa shape index (κ2) is 9.45. The van der Waals surface area contributed by atoms with Gasteiger partial charge in [-0.05, 0) is 37.3 Å². The first-order valence-electron chi connectivity index (χ1n) is 10.8. The second-order valence-corrected chi connectivity index (χ2v) is 8.21. The van der Waals surface area contributed by atoms with Crippen LogP contribution in [0.25, 0.3) is 0 Å². The third-order valence-electron chi connectivity index (χ3n) is 6.16. The standard InChI is InChI=1S/C22H29FN6O2/c1-15(30)28-10-6-18(7-11-28)26-22-25-13-19(23)21(27-22)29-9-3-4-17(14-29)16-5-8-24-20(12-16)31-2/h5,8,12-13,17-18H,3-4,6-7,9-11,14H2,1-2H3,(H,25,26,27). The summed E-state index contributed by atoms with van der Waals surface area (Å²) in [5.41, 5.74) is 1.14. The summed E-state index contributed by atoms with van der Waals surface area (Å²) in [6, 6.07) is 4.12. The van der Waals surface area contributed by atoms with Gasteiger partial charge in [0.1, 0.15) is 0 Å². The van der Waals surface area contributed by atoms with Crippen molar-refractivity contribution in [2.75, 3.05) is 43.5 Å². The molecule has 4 heterocycles. The number of methoxy groups -OCH3 is 1. The van der Waals surface area contributed by atoms with E-state index in [1.807, 2.05) is 21.9 Å². The highest BCUT2D eigenvalue weighted by Gasteiger charge is 2.26. The van der Waals surface area contributed by atoms with Crippen LogP contribution in [0, 0.1) is 5.82 Å². The number of rotatable bonds is 5. The van der Waals surface area contributed by atoms with Gasteiger partial charge in [0.2, 0.25) is 17.7 Å². The molecule has 2 aromatic heterocycles. The average molecular weight is 429 g/mol. The molecule has 0 aromatic carbocycles. The summed E-state index contributed by atoms with van der Waals surface area (Å²) >= 11 is 0. The number of ether oxygens (including phenoxy) is 1. The minimum atomic E-state index is -0.412. The lowest BCUT2D eigenvalue weighted by Gasteiger charge is -2.34. The normalized spacial score (nSPS) is 19.9. The van der Waals surface area contributed by atoms with Crippen molar-refractivity contribution in [2.24, 2.45) is 0 Å². The molecule has 2 saturated heterocycles. The van der Waals surface area contributed by atoms with Crippen LogP contribution < -0.4 is 15.0 Å². The summed E-state index contributed by atoms with van der Waals surface area (Å²) in [6.45, 7) is 4.45. The molecule has 0 spiro atoms. The number of nitrogens with zero attached hydrogens (tertiary/aromatic N) is 5. The fourth-order valence-corrected chi connectivity index (χ4v) is 4.40. The zero-order chi connectivity index (χ0) is 21.8. The molecule has 8 nitrogen and oxygen atoms in total. The molecule has 2 fully saturated rings. The van der Waals surface area contributed by atoms with Crippen molar-refractivity contribution in [2.45, 2.75) is 44.6 Å². The van der Waals surface area contributed by atoms with E-state index in [-0.39, 0.29) is 17.9 Å². The highest BCUT2D eigenvalue weighted by molar-refractivity contribution is 5.73. The number of pyridine rings is 1. The minimum absolute atomic E-state index is 0.102. The van der Waals surface area contributed by atoms with Crippen molar-refractivity contribution in [1.29, 1.82) is 0 Å². The molecule has 4 rings (SSSR count). The number of hydrogen-bond acceptors (Lipinski definition) is 7. The fourth-order valence-electron chi connectivity index (χ4n) is 4.40. The lowest BCUT2D eigenvalue weighted by molar-refractivity contribution is -0.129. The van der Waals surface area contributed by atoms with Crippen molar-refractivity contribution >= 4 is 17.7 Å². The van der Waals surface area contributed by atoms with Crippen molar-refractivity contribution in [3.05, 3.63) is 35.9 Å². The van der Waals surface area contributed by atoms with Crippen LogP contribution in [0.1, 0.15) is 44.1 Å². The Morgan fingerprint density at radius 1 is 1.23 bits per heavy atom. The monoisotopic (exact) mass is 428 g/mol. The highest BCUT2D eigenvalue weighted by atomic mass is 19.1. The van der Waals surface area contributed by atoms with E-state index in [0.29, 0.717) is 37.3 Å². The molecule has 0 aliphatic carbocycles. The van der Waals surface area contributed by atoms with Crippen LogP contribution in [-0.2, 0) is 4.79 Å². The maximum Gasteiger partial charge on any atom is 0.225 e. The summed E-state index contributed by atoms with van der Waals surface area (Å²) < 4.78 is 19.9. The second-order valence-electron chi connectivity index (χ2n) is 8.21. The first-order valence-corrected chi connectivity index (χ1v) is 10.8. The maximum absolute atomic E-state index is 14.7. The van der Waals surface area contributed by atoms with Crippen LogP contribution in [0.5, 0.6) is 5.88 Å². The zero-order valence-electron chi connectivity index (χ0n) is 18.1. The molecular weight excluding hydrogens is 399 g/mol. The predicted octanol–water partition coefficient (Wildman–Crippen LogP) is 2.83. The van der Waals surface area contributed by atoms with E-state index in [0.717, 1.165) is 37.8 Å². The van der Waals surface area contributed by atoms with Crippen LogP contribution in [0.2, 0.25) is 0 Å². The summed E-state index contributed by atoms with van der Waals surface area (Å²) in [5.74, 6) is 1.31. The number of hydrogen-bond donors (Lipinski definition) is 1. The molecule has 0 saturated carbocycles. The van der Waals surface area contributed by atoms with E-state index in [9.17, 15) is 9.18 Å². The van der Waals surface area contributed by atoms with E-state index in [1.54, 1.807) is 20.2 Å². The average Bonchev–Trinajstić information content (AvgIpc) is 2.81. The Labute approximate surface area is 181 Å². The van der Waals surface area contributed by atoms with E-state index in [4.69, 9.17) is 4.74 Å². The van der Waals surface area contributed by atoms with Gasteiger partial charge in [0.25, 0.3) is 0 Å². The molecule has 1 N–H and O–H groups in total. The number of anilines is 2. The lowest BCUT2D eigenvalue weighted by atomic mass is 9.91. The van der Waals surface area contributed by atoms with Crippen molar-refractivity contribution < 1.29 is 13.9 Å². The van der Waals surface area contributed by atoms with Gasteiger partial charge in [0.05, 0.1) is 13.3 Å². The maximum atomic E-state index is 14.7. The fraction of sp³-hybridized carbons (Fsp3) is 0.545. The van der Waals surface area contributed by atoms with E-state index in [2.05, 4.69) is 20.3 Å². The highest BCUT2D eigenvalue weighted by Crippen LogP contribution is 2.31. The van der Waals surface area contributed by atoms with E-state index >= 15 is 0 Å². The molecule has 2 aliphatic rings. The summed E-state index contributed by atoms with van der Waals surface area (Å²) in [4.78, 5) is 28.2. The number of nitrogens with one attached hydrogen (secondary N) is 1. The Balaban J connectivity index is 1.44. The van der Waals surface area contributed by atoms with Crippen LogP contribution in [-0.4, -0.2) is 65.1 Å². The molecule has 9 heteroatoms. The Morgan fingerprint density at radius 2 is 2.03 bits per heavy atom. The molecule has 166 valence electrons. The van der Waals surface area contributed by atoms with Gasteiger partial charge in [-0.2, -0.15) is 4.98 Å². The number of carbonyl (C=O) groups is 1. The van der Waals surface area contributed by atoms with Crippen LogP contribution in [0.3, 0.4) is 0 Å². The number of halogens is 1. The van der Waals surface area contributed by atoms with E-state index in [1.165, 1.54) is 6.20 Å². The van der Waals surface area contributed by atoms with Gasteiger partial charge in [-0.3, -0.25) is 4.79 Å². The first-order chi connectivity index (χ1) is 15.0. The van der Waals surface area contributed by atoms with Crippen LogP contribution in [0.4, 0.5) is 16.2 Å². The predicted molar refractivity (Wildman–Crippen MR) is 116 cm³/mol. The number of piperidine rings is 2. The third-order valence-corrected chi connectivity index (χ3v) is 6.16. The number of amides is 1. The number of aromatic nitrogens is 3. The van der Waals surface area contributed by atoms with Gasteiger partial charge >= 0.3 is 0 Å². The van der Waals surface area contributed by atoms with Crippen LogP contribution >= 0.6 is 0 Å². The SMILES string of the molecule is COc1cc(C2CCCN(c3nc(NC4CCN(C(C)=O)CC4)ncc3F)C2)ccn1. The molecule has 1 amide bonds. The topological polar surface area (TPSA) is 83.5 Å². The van der Waals surface area contributed by atoms with Crippen molar-refractivity contribution in [1.82, 2.24) is 19.9 Å². The molecule has 31 heavy (non-hydrogen) atoms. The Morgan fingerprint density at radius 3 is 2.77 bits per heavy atom. The summed E-state index contributed by atoms with van der Waals surface area (Å²) in [7, 11) is 1.61.